The molecule has 0 bridgehead atoms. The highest BCUT2D eigenvalue weighted by molar-refractivity contribution is 7.07. The number of hydrogen-bond donors (Lipinski definition) is 0. The first kappa shape index (κ1) is 27.3. The van der Waals surface area contributed by atoms with Gasteiger partial charge >= 0.3 is 5.97 Å². The number of carbonyl (C=O) groups is 1. The SMILES string of the molecule is CCCCOc1ccc(C2C(C(=O)OCCOC)=C(C)N=c3s/c(=C\C=C\c4ccccc4)c(=O)n32)cc1. The molecule has 0 spiro atoms. The molecule has 0 saturated heterocycles. The molecule has 198 valence electrons. The summed E-state index contributed by atoms with van der Waals surface area (Å²) in [5, 5.41) is 0. The average molecular weight is 533 g/mol. The summed E-state index contributed by atoms with van der Waals surface area (Å²) < 4.78 is 18.4. The molecule has 1 atom stereocenters. The van der Waals surface area contributed by atoms with Crippen molar-refractivity contribution in [3.63, 3.8) is 0 Å². The summed E-state index contributed by atoms with van der Waals surface area (Å²) in [4.78, 5) is 32.0. The predicted octanol–water partition coefficient (Wildman–Crippen LogP) is 4.27. The quantitative estimate of drug-likeness (QED) is 0.272. The third-order valence-corrected chi connectivity index (χ3v) is 7.06. The molecule has 3 aromatic rings. The lowest BCUT2D eigenvalue weighted by Crippen LogP contribution is -2.40. The van der Waals surface area contributed by atoms with Crippen molar-refractivity contribution in [2.45, 2.75) is 32.7 Å². The second kappa shape index (κ2) is 13.2. The van der Waals surface area contributed by atoms with Crippen LogP contribution in [0.25, 0.3) is 12.2 Å². The number of unbranched alkanes of at least 4 members (excludes halogenated alkanes) is 1. The minimum absolute atomic E-state index is 0.109. The van der Waals surface area contributed by atoms with Gasteiger partial charge in [0.2, 0.25) is 0 Å². The number of hydrogen-bond acceptors (Lipinski definition) is 7. The summed E-state index contributed by atoms with van der Waals surface area (Å²) in [6.07, 6.45) is 7.60. The molecule has 0 radical (unpaired) electrons. The summed E-state index contributed by atoms with van der Waals surface area (Å²) in [6.45, 7) is 4.91. The highest BCUT2D eigenvalue weighted by Crippen LogP contribution is 2.31. The lowest BCUT2D eigenvalue weighted by molar-refractivity contribution is -0.140. The number of nitrogens with zero attached hydrogens (tertiary/aromatic N) is 2. The van der Waals surface area contributed by atoms with Crippen LogP contribution >= 0.6 is 11.3 Å². The van der Waals surface area contributed by atoms with Gasteiger partial charge in [0.25, 0.3) is 5.56 Å². The molecule has 0 amide bonds. The number of ether oxygens (including phenoxy) is 3. The maximum Gasteiger partial charge on any atom is 0.338 e. The molecule has 8 heteroatoms. The molecular formula is C30H32N2O5S. The number of thiazole rings is 1. The normalized spacial score (nSPS) is 15.4. The number of esters is 1. The zero-order valence-electron chi connectivity index (χ0n) is 21.9. The van der Waals surface area contributed by atoms with E-state index in [1.807, 2.05) is 66.7 Å². The molecule has 2 aromatic carbocycles. The summed E-state index contributed by atoms with van der Waals surface area (Å²) in [5.74, 6) is 0.223. The largest absolute Gasteiger partial charge is 0.494 e. The van der Waals surface area contributed by atoms with Crippen LogP contribution in [0.1, 0.15) is 43.9 Å². The topological polar surface area (TPSA) is 79.1 Å². The molecule has 4 rings (SSSR count). The van der Waals surface area contributed by atoms with Crippen LogP contribution in [-0.4, -0.2) is 37.5 Å². The zero-order chi connectivity index (χ0) is 26.9. The molecule has 1 aromatic heterocycles. The Bertz CT molecular complexity index is 1480. The van der Waals surface area contributed by atoms with Crippen molar-refractivity contribution in [2.24, 2.45) is 4.99 Å². The van der Waals surface area contributed by atoms with E-state index in [9.17, 15) is 9.59 Å². The maximum atomic E-state index is 13.6. The fourth-order valence-electron chi connectivity index (χ4n) is 4.10. The van der Waals surface area contributed by atoms with Crippen molar-refractivity contribution >= 4 is 29.5 Å². The number of methoxy groups -OCH3 is 1. The number of benzene rings is 2. The average Bonchev–Trinajstić information content (AvgIpc) is 3.23. The van der Waals surface area contributed by atoms with E-state index in [1.54, 1.807) is 24.7 Å². The van der Waals surface area contributed by atoms with E-state index in [2.05, 4.69) is 11.9 Å². The molecule has 0 fully saturated rings. The molecule has 7 nitrogen and oxygen atoms in total. The van der Waals surface area contributed by atoms with Crippen molar-refractivity contribution in [2.75, 3.05) is 26.9 Å². The van der Waals surface area contributed by atoms with Gasteiger partial charge in [0.1, 0.15) is 12.4 Å². The van der Waals surface area contributed by atoms with Crippen LogP contribution in [0.3, 0.4) is 0 Å². The maximum absolute atomic E-state index is 13.6. The summed E-state index contributed by atoms with van der Waals surface area (Å²) in [7, 11) is 1.54. The van der Waals surface area contributed by atoms with E-state index in [1.165, 1.54) is 11.3 Å². The van der Waals surface area contributed by atoms with Gasteiger partial charge in [-0.25, -0.2) is 9.79 Å². The smallest absolute Gasteiger partial charge is 0.338 e. The minimum atomic E-state index is -0.675. The second-order valence-corrected chi connectivity index (χ2v) is 9.78. The van der Waals surface area contributed by atoms with Crippen LogP contribution in [0, 0.1) is 0 Å². The Labute approximate surface area is 226 Å². The number of rotatable bonds is 11. The van der Waals surface area contributed by atoms with E-state index in [4.69, 9.17) is 14.2 Å². The van der Waals surface area contributed by atoms with Crippen LogP contribution < -0.4 is 19.6 Å². The molecule has 38 heavy (non-hydrogen) atoms. The zero-order valence-corrected chi connectivity index (χ0v) is 22.7. The number of fused-ring (bicyclic) bond motifs is 1. The monoisotopic (exact) mass is 532 g/mol. The lowest BCUT2D eigenvalue weighted by atomic mass is 9.96. The Morgan fingerprint density at radius 1 is 1.08 bits per heavy atom. The van der Waals surface area contributed by atoms with E-state index < -0.39 is 12.0 Å². The van der Waals surface area contributed by atoms with E-state index in [0.717, 1.165) is 29.7 Å². The summed E-state index contributed by atoms with van der Waals surface area (Å²) in [6, 6.07) is 16.7. The van der Waals surface area contributed by atoms with Gasteiger partial charge in [-0.15, -0.1) is 0 Å². The van der Waals surface area contributed by atoms with Gasteiger partial charge in [0, 0.05) is 7.11 Å². The third-order valence-electron chi connectivity index (χ3n) is 6.06. The van der Waals surface area contributed by atoms with Gasteiger partial charge in [-0.05, 0) is 42.7 Å². The molecule has 2 heterocycles. The molecular weight excluding hydrogens is 500 g/mol. The van der Waals surface area contributed by atoms with Crippen molar-refractivity contribution in [1.82, 2.24) is 4.57 Å². The first-order valence-corrected chi connectivity index (χ1v) is 13.5. The Balaban J connectivity index is 1.75. The fraction of sp³-hybridized carbons (Fsp3) is 0.300. The Morgan fingerprint density at radius 2 is 1.84 bits per heavy atom. The van der Waals surface area contributed by atoms with E-state index in [-0.39, 0.29) is 18.8 Å². The van der Waals surface area contributed by atoms with Gasteiger partial charge in [0.05, 0.1) is 35.1 Å². The molecule has 0 aliphatic carbocycles. The molecule has 1 unspecified atom stereocenters. The second-order valence-electron chi connectivity index (χ2n) is 8.77. The van der Waals surface area contributed by atoms with E-state index in [0.29, 0.717) is 27.2 Å². The highest BCUT2D eigenvalue weighted by atomic mass is 32.1. The van der Waals surface area contributed by atoms with Gasteiger partial charge in [0.15, 0.2) is 4.80 Å². The van der Waals surface area contributed by atoms with Crippen molar-refractivity contribution < 1.29 is 19.0 Å². The van der Waals surface area contributed by atoms with Gasteiger partial charge in [-0.2, -0.15) is 0 Å². The first-order valence-electron chi connectivity index (χ1n) is 12.7. The number of allylic oxidation sites excluding steroid dienone is 2. The predicted molar refractivity (Wildman–Crippen MR) is 150 cm³/mol. The highest BCUT2D eigenvalue weighted by Gasteiger charge is 2.33. The van der Waals surface area contributed by atoms with Gasteiger partial charge in [-0.3, -0.25) is 9.36 Å². The fourth-order valence-corrected chi connectivity index (χ4v) is 5.10. The third kappa shape index (κ3) is 6.38. The van der Waals surface area contributed by atoms with Crippen LogP contribution in [0.15, 0.2) is 81.7 Å². The Morgan fingerprint density at radius 3 is 2.55 bits per heavy atom. The molecule has 0 saturated carbocycles. The number of aromatic nitrogens is 1. The van der Waals surface area contributed by atoms with E-state index >= 15 is 0 Å². The lowest BCUT2D eigenvalue weighted by Gasteiger charge is -2.25. The summed E-state index contributed by atoms with van der Waals surface area (Å²) in [5.41, 5.74) is 2.45. The van der Waals surface area contributed by atoms with Crippen LogP contribution in [0.2, 0.25) is 0 Å². The molecule has 1 aliphatic rings. The van der Waals surface area contributed by atoms with Crippen LogP contribution in [0.5, 0.6) is 5.75 Å². The number of carbonyl (C=O) groups excluding carboxylic acids is 1. The minimum Gasteiger partial charge on any atom is -0.494 e. The Hall–Kier alpha value is -3.75. The van der Waals surface area contributed by atoms with Crippen molar-refractivity contribution in [3.05, 3.63) is 103 Å². The first-order chi connectivity index (χ1) is 18.5. The van der Waals surface area contributed by atoms with Crippen molar-refractivity contribution in [3.8, 4) is 5.75 Å². The molecule has 1 aliphatic heterocycles. The van der Waals surface area contributed by atoms with Crippen LogP contribution in [0.4, 0.5) is 0 Å². The summed E-state index contributed by atoms with van der Waals surface area (Å²) >= 11 is 1.30. The van der Waals surface area contributed by atoms with Gasteiger partial charge in [-0.1, -0.05) is 79.3 Å². The van der Waals surface area contributed by atoms with Crippen LogP contribution in [-0.2, 0) is 14.3 Å². The van der Waals surface area contributed by atoms with Crippen molar-refractivity contribution in [1.29, 1.82) is 0 Å². The molecule has 0 N–H and O–H groups in total. The standard InChI is InChI=1S/C30H32N2O5S/c1-4-5-18-36-24-16-14-23(15-17-24)27-26(29(34)37-20-19-35-3)21(2)31-30-32(27)28(33)25(38-30)13-9-12-22-10-7-6-8-11-22/h6-17,27H,4-5,18-20H2,1-3H3/b12-9+,25-13-. The Kier molecular flexibility index (Phi) is 9.46. The van der Waals surface area contributed by atoms with Gasteiger partial charge < -0.3 is 14.2 Å².